The molecule has 1 aromatic carbocycles. The Morgan fingerprint density at radius 2 is 2.00 bits per heavy atom. The highest BCUT2D eigenvalue weighted by Crippen LogP contribution is 2.25. The second kappa shape index (κ2) is 5.18. The van der Waals surface area contributed by atoms with Gasteiger partial charge < -0.3 is 10.0 Å². The Morgan fingerprint density at radius 3 is 2.59 bits per heavy atom. The summed E-state index contributed by atoms with van der Waals surface area (Å²) in [7, 11) is -0.793. The molecule has 0 spiro atoms. The molecule has 1 amide bonds. The number of phenolic OH excluding ortho intramolecular Hbond substituents is 1. The van der Waals surface area contributed by atoms with Gasteiger partial charge in [0.25, 0.3) is 5.91 Å². The predicted octanol–water partition coefficient (Wildman–Crippen LogP) is 1.36. The first-order valence-corrected chi connectivity index (χ1v) is 7.49. The molecule has 0 saturated carbocycles. The molecular formula is C11H12BrNO3S. The van der Waals surface area contributed by atoms with E-state index in [1.165, 1.54) is 6.07 Å². The van der Waals surface area contributed by atoms with Gasteiger partial charge in [-0.25, -0.2) is 0 Å². The molecule has 1 heterocycles. The van der Waals surface area contributed by atoms with Crippen molar-refractivity contribution in [1.82, 2.24) is 4.90 Å². The zero-order chi connectivity index (χ0) is 12.4. The smallest absolute Gasteiger partial charge is 0.254 e. The predicted molar refractivity (Wildman–Crippen MR) is 69.6 cm³/mol. The summed E-state index contributed by atoms with van der Waals surface area (Å²) < 4.78 is 11.8. The van der Waals surface area contributed by atoms with Crippen LogP contribution in [0.4, 0.5) is 0 Å². The van der Waals surface area contributed by atoms with Gasteiger partial charge in [-0.1, -0.05) is 0 Å². The largest absolute Gasteiger partial charge is 0.507 e. The highest BCUT2D eigenvalue weighted by atomic mass is 79.9. The maximum Gasteiger partial charge on any atom is 0.254 e. The van der Waals surface area contributed by atoms with E-state index in [-0.39, 0.29) is 11.7 Å². The van der Waals surface area contributed by atoms with Crippen LogP contribution in [0.15, 0.2) is 22.7 Å². The first-order chi connectivity index (χ1) is 8.08. The normalized spacial score (nSPS) is 17.1. The van der Waals surface area contributed by atoms with Crippen molar-refractivity contribution in [3.05, 3.63) is 28.2 Å². The van der Waals surface area contributed by atoms with Crippen LogP contribution >= 0.6 is 15.9 Å². The molecular weight excluding hydrogens is 306 g/mol. The van der Waals surface area contributed by atoms with Crippen LogP contribution < -0.4 is 0 Å². The summed E-state index contributed by atoms with van der Waals surface area (Å²) in [6.07, 6.45) is 0. The molecule has 4 nitrogen and oxygen atoms in total. The SMILES string of the molecule is O=C(c1ccc(Br)c(O)c1)N1CCS(=O)CC1. The topological polar surface area (TPSA) is 57.6 Å². The van der Waals surface area contributed by atoms with Crippen molar-refractivity contribution in [2.75, 3.05) is 24.6 Å². The Kier molecular flexibility index (Phi) is 3.83. The van der Waals surface area contributed by atoms with Crippen LogP contribution in [-0.2, 0) is 10.8 Å². The van der Waals surface area contributed by atoms with Gasteiger partial charge in [0.2, 0.25) is 0 Å². The summed E-state index contributed by atoms with van der Waals surface area (Å²) in [5, 5.41) is 9.52. The molecule has 0 atom stereocenters. The van der Waals surface area contributed by atoms with Crippen molar-refractivity contribution in [3.8, 4) is 5.75 Å². The zero-order valence-electron chi connectivity index (χ0n) is 9.06. The number of amides is 1. The van der Waals surface area contributed by atoms with Crippen molar-refractivity contribution in [2.24, 2.45) is 0 Å². The number of rotatable bonds is 1. The Bertz CT molecular complexity index is 468. The zero-order valence-corrected chi connectivity index (χ0v) is 11.5. The third-order valence-corrected chi connectivity index (χ3v) is 4.60. The summed E-state index contributed by atoms with van der Waals surface area (Å²) in [6, 6.07) is 4.75. The molecule has 0 aliphatic carbocycles. The lowest BCUT2D eigenvalue weighted by atomic mass is 10.2. The van der Waals surface area contributed by atoms with Crippen LogP contribution in [0.2, 0.25) is 0 Å². The Balaban J connectivity index is 2.14. The van der Waals surface area contributed by atoms with Crippen molar-refractivity contribution in [3.63, 3.8) is 0 Å². The third-order valence-electron chi connectivity index (χ3n) is 2.66. The van der Waals surface area contributed by atoms with Crippen molar-refractivity contribution >= 4 is 32.6 Å². The minimum absolute atomic E-state index is 0.0523. The molecule has 17 heavy (non-hydrogen) atoms. The fourth-order valence-corrected chi connectivity index (χ4v) is 2.97. The molecule has 1 fully saturated rings. The summed E-state index contributed by atoms with van der Waals surface area (Å²) in [4.78, 5) is 13.7. The van der Waals surface area contributed by atoms with E-state index in [4.69, 9.17) is 0 Å². The van der Waals surface area contributed by atoms with Gasteiger partial charge in [0.1, 0.15) is 5.75 Å². The molecule has 1 aromatic rings. The molecule has 6 heteroatoms. The van der Waals surface area contributed by atoms with Gasteiger partial charge in [0.05, 0.1) is 4.47 Å². The fourth-order valence-electron chi connectivity index (χ4n) is 1.67. The maximum atomic E-state index is 12.1. The van der Waals surface area contributed by atoms with E-state index in [1.54, 1.807) is 17.0 Å². The molecule has 0 unspecified atom stereocenters. The summed E-state index contributed by atoms with van der Waals surface area (Å²) in [5.74, 6) is 1.00. The number of benzene rings is 1. The van der Waals surface area contributed by atoms with E-state index in [0.29, 0.717) is 34.6 Å². The highest BCUT2D eigenvalue weighted by molar-refractivity contribution is 9.10. The average Bonchev–Trinajstić information content (AvgIpc) is 2.33. The van der Waals surface area contributed by atoms with Gasteiger partial charge in [0.15, 0.2) is 0 Å². The second-order valence-electron chi connectivity index (χ2n) is 3.81. The molecule has 0 radical (unpaired) electrons. The van der Waals surface area contributed by atoms with Gasteiger partial charge in [-0.2, -0.15) is 0 Å². The second-order valence-corrected chi connectivity index (χ2v) is 6.36. The standard InChI is InChI=1S/C11H12BrNO3S/c12-9-2-1-8(7-10(9)14)11(15)13-3-5-17(16)6-4-13/h1-2,7,14H,3-6H2. The number of hydrogen-bond donors (Lipinski definition) is 1. The van der Waals surface area contributed by atoms with Crippen LogP contribution in [0.25, 0.3) is 0 Å². The number of hydrogen-bond acceptors (Lipinski definition) is 3. The fraction of sp³-hybridized carbons (Fsp3) is 0.364. The molecule has 1 N–H and O–H groups in total. The molecule has 0 bridgehead atoms. The van der Waals surface area contributed by atoms with Crippen molar-refractivity contribution < 1.29 is 14.1 Å². The summed E-state index contributed by atoms with van der Waals surface area (Å²) in [6.45, 7) is 1.03. The molecule has 1 aliphatic heterocycles. The van der Waals surface area contributed by atoms with E-state index in [1.807, 2.05) is 0 Å². The first kappa shape index (κ1) is 12.6. The molecule has 1 saturated heterocycles. The molecule has 92 valence electrons. The number of phenols is 1. The van der Waals surface area contributed by atoms with E-state index in [9.17, 15) is 14.1 Å². The number of carbonyl (C=O) groups excluding carboxylic acids is 1. The number of carbonyl (C=O) groups is 1. The van der Waals surface area contributed by atoms with E-state index in [0.717, 1.165) is 0 Å². The minimum Gasteiger partial charge on any atom is -0.507 e. The number of nitrogens with zero attached hydrogens (tertiary/aromatic N) is 1. The van der Waals surface area contributed by atoms with Crippen molar-refractivity contribution in [2.45, 2.75) is 0 Å². The van der Waals surface area contributed by atoms with Gasteiger partial charge >= 0.3 is 0 Å². The van der Waals surface area contributed by atoms with Crippen LogP contribution in [-0.4, -0.2) is 44.7 Å². The Morgan fingerprint density at radius 1 is 1.35 bits per heavy atom. The average molecular weight is 318 g/mol. The minimum atomic E-state index is -0.793. The lowest BCUT2D eigenvalue weighted by Gasteiger charge is -2.26. The number of aromatic hydroxyl groups is 1. The maximum absolute atomic E-state index is 12.1. The monoisotopic (exact) mass is 317 g/mol. The molecule has 1 aliphatic rings. The molecule has 0 aromatic heterocycles. The first-order valence-electron chi connectivity index (χ1n) is 5.20. The van der Waals surface area contributed by atoms with Gasteiger partial charge in [-0.15, -0.1) is 0 Å². The van der Waals surface area contributed by atoms with E-state index >= 15 is 0 Å². The van der Waals surface area contributed by atoms with Crippen LogP contribution in [0.1, 0.15) is 10.4 Å². The number of halogens is 1. The van der Waals surface area contributed by atoms with Gasteiger partial charge in [0, 0.05) is 41.0 Å². The summed E-state index contributed by atoms with van der Waals surface area (Å²) in [5.41, 5.74) is 0.457. The molecule has 2 rings (SSSR count). The van der Waals surface area contributed by atoms with Crippen LogP contribution in [0.3, 0.4) is 0 Å². The lowest BCUT2D eigenvalue weighted by Crippen LogP contribution is -2.41. The lowest BCUT2D eigenvalue weighted by molar-refractivity contribution is 0.0771. The summed E-state index contributed by atoms with van der Waals surface area (Å²) >= 11 is 3.17. The van der Waals surface area contributed by atoms with E-state index in [2.05, 4.69) is 15.9 Å². The van der Waals surface area contributed by atoms with Gasteiger partial charge in [-0.3, -0.25) is 9.00 Å². The van der Waals surface area contributed by atoms with Gasteiger partial charge in [-0.05, 0) is 34.1 Å². The Labute approximate surface area is 110 Å². The van der Waals surface area contributed by atoms with Crippen LogP contribution in [0.5, 0.6) is 5.75 Å². The highest BCUT2D eigenvalue weighted by Gasteiger charge is 2.21. The van der Waals surface area contributed by atoms with Crippen molar-refractivity contribution in [1.29, 1.82) is 0 Å². The quantitative estimate of drug-likeness (QED) is 0.851. The third kappa shape index (κ3) is 2.87. The van der Waals surface area contributed by atoms with E-state index < -0.39 is 10.8 Å². The van der Waals surface area contributed by atoms with Crippen LogP contribution in [0, 0.1) is 0 Å². The Hall–Kier alpha value is -0.880.